The van der Waals surface area contributed by atoms with Crippen molar-refractivity contribution < 1.29 is 9.18 Å². The molecule has 23 heavy (non-hydrogen) atoms. The van der Waals surface area contributed by atoms with Gasteiger partial charge in [-0.1, -0.05) is 12.1 Å². The summed E-state index contributed by atoms with van der Waals surface area (Å²) >= 11 is 0. The minimum absolute atomic E-state index is 0.0574. The van der Waals surface area contributed by atoms with Gasteiger partial charge in [0, 0.05) is 37.3 Å². The second kappa shape index (κ2) is 5.77. The molecule has 1 unspecified atom stereocenters. The van der Waals surface area contributed by atoms with Gasteiger partial charge in [0.25, 0.3) is 5.91 Å². The van der Waals surface area contributed by atoms with Gasteiger partial charge in [-0.25, -0.2) is 4.39 Å². The van der Waals surface area contributed by atoms with E-state index >= 15 is 0 Å². The van der Waals surface area contributed by atoms with Crippen LogP contribution in [0.2, 0.25) is 0 Å². The van der Waals surface area contributed by atoms with Crippen LogP contribution in [0.1, 0.15) is 46.2 Å². The first-order valence-corrected chi connectivity index (χ1v) is 8.07. The molecule has 3 heterocycles. The van der Waals surface area contributed by atoms with E-state index in [4.69, 9.17) is 0 Å². The molecule has 1 atom stereocenters. The van der Waals surface area contributed by atoms with Crippen molar-refractivity contribution in [1.82, 2.24) is 20.4 Å². The lowest BCUT2D eigenvalue weighted by Crippen LogP contribution is -2.33. The molecule has 1 aromatic carbocycles. The highest BCUT2D eigenvalue weighted by molar-refractivity contribution is 5.94. The molecule has 0 radical (unpaired) electrons. The van der Waals surface area contributed by atoms with E-state index in [1.165, 1.54) is 12.1 Å². The van der Waals surface area contributed by atoms with Crippen LogP contribution in [-0.2, 0) is 13.0 Å². The molecule has 2 aromatic rings. The molecular formula is C17H19FN4O. The van der Waals surface area contributed by atoms with Crippen LogP contribution in [0.15, 0.2) is 24.3 Å². The van der Waals surface area contributed by atoms with Gasteiger partial charge in [0.2, 0.25) is 0 Å². The third-order valence-corrected chi connectivity index (χ3v) is 4.76. The molecule has 2 aliphatic heterocycles. The van der Waals surface area contributed by atoms with Crippen molar-refractivity contribution in [1.29, 1.82) is 0 Å². The predicted molar refractivity (Wildman–Crippen MR) is 83.4 cm³/mol. The number of amides is 1. The van der Waals surface area contributed by atoms with Crippen molar-refractivity contribution in [2.75, 3.05) is 13.1 Å². The lowest BCUT2D eigenvalue weighted by atomic mass is 10.0. The Labute approximate surface area is 133 Å². The van der Waals surface area contributed by atoms with E-state index < -0.39 is 0 Å². The van der Waals surface area contributed by atoms with Crippen molar-refractivity contribution in [3.05, 3.63) is 52.6 Å². The molecule has 120 valence electrons. The summed E-state index contributed by atoms with van der Waals surface area (Å²) in [6.07, 6.45) is 2.65. The Morgan fingerprint density at radius 2 is 2.30 bits per heavy atom. The highest BCUT2D eigenvalue weighted by Gasteiger charge is 2.34. The second-order valence-corrected chi connectivity index (χ2v) is 6.17. The summed E-state index contributed by atoms with van der Waals surface area (Å²) in [6, 6.07) is 6.48. The molecule has 1 aromatic heterocycles. The normalized spacial score (nSPS) is 20.6. The molecule has 2 aliphatic rings. The molecule has 0 saturated carbocycles. The number of carbonyl (C=O) groups excluding carboxylic acids is 1. The number of hydrogen-bond acceptors (Lipinski definition) is 3. The lowest BCUT2D eigenvalue weighted by Gasteiger charge is -2.25. The molecule has 0 spiro atoms. The number of aromatic nitrogens is 2. The molecule has 0 bridgehead atoms. The van der Waals surface area contributed by atoms with Crippen LogP contribution in [0.5, 0.6) is 0 Å². The van der Waals surface area contributed by atoms with Gasteiger partial charge >= 0.3 is 0 Å². The summed E-state index contributed by atoms with van der Waals surface area (Å²) in [5.74, 6) is -0.318. The van der Waals surface area contributed by atoms with E-state index in [9.17, 15) is 9.18 Å². The number of rotatable bonds is 2. The number of fused-ring (bicyclic) bond motifs is 1. The maximum absolute atomic E-state index is 13.5. The first-order valence-electron chi connectivity index (χ1n) is 8.07. The van der Waals surface area contributed by atoms with Crippen LogP contribution < -0.4 is 5.32 Å². The average molecular weight is 314 g/mol. The van der Waals surface area contributed by atoms with Gasteiger partial charge < -0.3 is 10.2 Å². The summed E-state index contributed by atoms with van der Waals surface area (Å²) in [7, 11) is 0. The lowest BCUT2D eigenvalue weighted by molar-refractivity contribution is 0.0728. The molecular weight excluding hydrogens is 295 g/mol. The van der Waals surface area contributed by atoms with Crippen LogP contribution >= 0.6 is 0 Å². The summed E-state index contributed by atoms with van der Waals surface area (Å²) in [6.45, 7) is 2.26. The number of likely N-dealkylation sites (tertiary alicyclic amines) is 1. The Morgan fingerprint density at radius 3 is 3.17 bits per heavy atom. The fraction of sp³-hybridized carbons (Fsp3) is 0.412. The zero-order valence-electron chi connectivity index (χ0n) is 12.8. The first kappa shape index (κ1) is 14.4. The van der Waals surface area contributed by atoms with E-state index in [1.54, 1.807) is 6.07 Å². The van der Waals surface area contributed by atoms with E-state index in [1.807, 2.05) is 11.0 Å². The molecule has 1 amide bonds. The van der Waals surface area contributed by atoms with Crippen LogP contribution in [-0.4, -0.2) is 34.1 Å². The van der Waals surface area contributed by atoms with Crippen LogP contribution in [0, 0.1) is 5.82 Å². The topological polar surface area (TPSA) is 61.0 Å². The fourth-order valence-corrected chi connectivity index (χ4v) is 3.61. The number of carbonyl (C=O) groups is 1. The Kier molecular flexibility index (Phi) is 3.61. The number of nitrogens with zero attached hydrogens (tertiary/aromatic N) is 2. The number of benzene rings is 1. The van der Waals surface area contributed by atoms with Gasteiger partial charge in [0.05, 0.1) is 6.04 Å². The summed E-state index contributed by atoms with van der Waals surface area (Å²) in [5, 5.41) is 10.5. The van der Waals surface area contributed by atoms with Crippen LogP contribution in [0.3, 0.4) is 0 Å². The van der Waals surface area contributed by atoms with E-state index in [-0.39, 0.29) is 17.8 Å². The quantitative estimate of drug-likeness (QED) is 0.893. The van der Waals surface area contributed by atoms with E-state index in [0.717, 1.165) is 42.6 Å². The monoisotopic (exact) mass is 314 g/mol. The Balaban J connectivity index is 1.64. The largest absolute Gasteiger partial charge is 0.330 e. The molecule has 1 saturated heterocycles. The zero-order valence-corrected chi connectivity index (χ0v) is 12.8. The third kappa shape index (κ3) is 2.53. The third-order valence-electron chi connectivity index (χ3n) is 4.76. The maximum Gasteiger partial charge on any atom is 0.275 e. The predicted octanol–water partition coefficient (Wildman–Crippen LogP) is 2.17. The highest BCUT2D eigenvalue weighted by atomic mass is 19.1. The number of hydrogen-bond donors (Lipinski definition) is 2. The van der Waals surface area contributed by atoms with Crippen molar-refractivity contribution in [2.45, 2.75) is 31.8 Å². The Bertz CT molecular complexity index is 742. The van der Waals surface area contributed by atoms with Gasteiger partial charge in [0.15, 0.2) is 5.69 Å². The standard InChI is InChI=1S/C17H19FN4O/c18-12-4-1-3-11(9-12)15-5-2-8-22(15)17(23)16-13-10-19-7-6-14(13)20-21-16/h1,3-4,9,15,19H,2,5-8,10H2,(H,20,21). The smallest absolute Gasteiger partial charge is 0.275 e. The Morgan fingerprint density at radius 1 is 1.39 bits per heavy atom. The van der Waals surface area contributed by atoms with Gasteiger partial charge in [0.1, 0.15) is 5.82 Å². The number of nitrogens with one attached hydrogen (secondary N) is 2. The van der Waals surface area contributed by atoms with Crippen LogP contribution in [0.4, 0.5) is 4.39 Å². The summed E-state index contributed by atoms with van der Waals surface area (Å²) in [5.41, 5.74) is 3.40. The number of H-pyrrole nitrogens is 1. The molecule has 2 N–H and O–H groups in total. The number of halogens is 1. The molecule has 4 rings (SSSR count). The van der Waals surface area contributed by atoms with Gasteiger partial charge in [-0.15, -0.1) is 0 Å². The molecule has 1 fully saturated rings. The second-order valence-electron chi connectivity index (χ2n) is 6.17. The van der Waals surface area contributed by atoms with E-state index in [0.29, 0.717) is 18.8 Å². The Hall–Kier alpha value is -2.21. The highest BCUT2D eigenvalue weighted by Crippen LogP contribution is 2.34. The van der Waals surface area contributed by atoms with Gasteiger partial charge in [-0.05, 0) is 30.5 Å². The van der Waals surface area contributed by atoms with Crippen molar-refractivity contribution in [2.24, 2.45) is 0 Å². The van der Waals surface area contributed by atoms with Gasteiger partial charge in [-0.3, -0.25) is 9.89 Å². The maximum atomic E-state index is 13.5. The molecule has 0 aliphatic carbocycles. The summed E-state index contributed by atoms with van der Waals surface area (Å²) < 4.78 is 13.5. The zero-order chi connectivity index (χ0) is 15.8. The SMILES string of the molecule is O=C(c1n[nH]c2c1CNCC2)N1CCCC1c1cccc(F)c1. The van der Waals surface area contributed by atoms with Crippen LogP contribution in [0.25, 0.3) is 0 Å². The number of aromatic amines is 1. The van der Waals surface area contributed by atoms with Gasteiger partial charge in [-0.2, -0.15) is 5.10 Å². The van der Waals surface area contributed by atoms with Crippen molar-refractivity contribution in [3.63, 3.8) is 0 Å². The fourth-order valence-electron chi connectivity index (χ4n) is 3.61. The summed E-state index contributed by atoms with van der Waals surface area (Å²) in [4.78, 5) is 14.8. The first-order chi connectivity index (χ1) is 11.2. The minimum Gasteiger partial charge on any atom is -0.330 e. The average Bonchev–Trinajstić information content (AvgIpc) is 3.21. The molecule has 5 nitrogen and oxygen atoms in total. The van der Waals surface area contributed by atoms with Crippen molar-refractivity contribution in [3.8, 4) is 0 Å². The van der Waals surface area contributed by atoms with E-state index in [2.05, 4.69) is 15.5 Å². The minimum atomic E-state index is -0.261. The molecule has 6 heteroatoms. The van der Waals surface area contributed by atoms with Crippen molar-refractivity contribution >= 4 is 5.91 Å².